The smallest absolute Gasteiger partial charge is 0.170 e. The zero-order chi connectivity index (χ0) is 6.85. The summed E-state index contributed by atoms with van der Waals surface area (Å²) in [6.07, 6.45) is 2.44. The van der Waals surface area contributed by atoms with Crippen LogP contribution in [0.5, 0.6) is 0 Å². The molecule has 1 aromatic heterocycles. The summed E-state index contributed by atoms with van der Waals surface area (Å²) in [5, 5.41) is 0. The molecule has 10 heavy (non-hydrogen) atoms. The van der Waals surface area contributed by atoms with Crippen molar-refractivity contribution in [3.05, 3.63) is 17.7 Å². The van der Waals surface area contributed by atoms with E-state index >= 15 is 0 Å². The Morgan fingerprint density at radius 1 is 1.70 bits per heavy atom. The first-order valence-corrected chi connectivity index (χ1v) is 2.69. The van der Waals surface area contributed by atoms with Gasteiger partial charge in [0.15, 0.2) is 6.29 Å². The minimum absolute atomic E-state index is 0. The van der Waals surface area contributed by atoms with Crippen LogP contribution in [0, 0.1) is 6.92 Å². The maximum Gasteiger partial charge on any atom is 0.170 e. The lowest BCUT2D eigenvalue weighted by atomic mass is 10.5. The van der Waals surface area contributed by atoms with Crippen LogP contribution < -0.4 is 0 Å². The number of hydrogen-bond acceptors (Lipinski definition) is 2. The van der Waals surface area contributed by atoms with Crippen LogP contribution in [0.3, 0.4) is 0 Å². The second-order valence-corrected chi connectivity index (χ2v) is 1.94. The van der Waals surface area contributed by atoms with Crippen molar-refractivity contribution in [1.29, 1.82) is 0 Å². The highest BCUT2D eigenvalue weighted by Crippen LogP contribution is 1.95. The molecule has 0 N–H and O–H groups in total. The summed E-state index contributed by atoms with van der Waals surface area (Å²) in [6.45, 7) is 1.85. The molecular formula is C7H12N2O. The van der Waals surface area contributed by atoms with E-state index in [0.29, 0.717) is 5.69 Å². The molecule has 0 saturated heterocycles. The predicted molar refractivity (Wildman–Crippen MR) is 40.1 cm³/mol. The molecule has 1 rings (SSSR count). The number of carbonyl (C=O) groups excluding carboxylic acids is 1. The van der Waals surface area contributed by atoms with Crippen LogP contribution in [-0.2, 0) is 7.05 Å². The monoisotopic (exact) mass is 140 g/mol. The lowest BCUT2D eigenvalue weighted by molar-refractivity contribution is 0.111. The maximum atomic E-state index is 10.1. The van der Waals surface area contributed by atoms with Crippen molar-refractivity contribution < 1.29 is 4.79 Å². The van der Waals surface area contributed by atoms with E-state index in [9.17, 15) is 4.79 Å². The van der Waals surface area contributed by atoms with Gasteiger partial charge in [0.05, 0.1) is 0 Å². The van der Waals surface area contributed by atoms with Gasteiger partial charge in [-0.05, 0) is 6.92 Å². The van der Waals surface area contributed by atoms with Gasteiger partial charge in [-0.3, -0.25) is 4.79 Å². The molecule has 0 atom stereocenters. The van der Waals surface area contributed by atoms with E-state index in [-0.39, 0.29) is 7.43 Å². The van der Waals surface area contributed by atoms with Crippen LogP contribution in [0.25, 0.3) is 0 Å². The maximum absolute atomic E-state index is 10.1. The lowest BCUT2D eigenvalue weighted by Crippen LogP contribution is -1.86. The summed E-state index contributed by atoms with van der Waals surface area (Å²) in [5.74, 6) is 0.858. The van der Waals surface area contributed by atoms with Crippen LogP contribution in [0.2, 0.25) is 0 Å². The van der Waals surface area contributed by atoms with Gasteiger partial charge < -0.3 is 4.57 Å². The van der Waals surface area contributed by atoms with Gasteiger partial charge in [-0.25, -0.2) is 4.98 Å². The van der Waals surface area contributed by atoms with Crippen LogP contribution in [0.1, 0.15) is 23.7 Å². The predicted octanol–water partition coefficient (Wildman–Crippen LogP) is 1.18. The van der Waals surface area contributed by atoms with Gasteiger partial charge >= 0.3 is 0 Å². The fraction of sp³-hybridized carbons (Fsp3) is 0.429. The van der Waals surface area contributed by atoms with Crippen LogP contribution in [0.4, 0.5) is 0 Å². The minimum atomic E-state index is 0. The van der Waals surface area contributed by atoms with Gasteiger partial charge in [-0.15, -0.1) is 0 Å². The summed E-state index contributed by atoms with van der Waals surface area (Å²) >= 11 is 0. The third-order valence-corrected chi connectivity index (χ3v) is 1.25. The van der Waals surface area contributed by atoms with Crippen LogP contribution >= 0.6 is 0 Å². The van der Waals surface area contributed by atoms with Crippen molar-refractivity contribution in [1.82, 2.24) is 9.55 Å². The molecule has 0 unspecified atom stereocenters. The fourth-order valence-electron chi connectivity index (χ4n) is 0.643. The molecule has 0 radical (unpaired) electrons. The highest BCUT2D eigenvalue weighted by molar-refractivity contribution is 5.71. The number of rotatable bonds is 1. The zero-order valence-electron chi connectivity index (χ0n) is 5.46. The molecule has 3 nitrogen and oxygen atoms in total. The number of carbonyl (C=O) groups is 1. The van der Waals surface area contributed by atoms with Crippen LogP contribution in [-0.4, -0.2) is 15.8 Å². The lowest BCUT2D eigenvalue weighted by Gasteiger charge is -1.87. The van der Waals surface area contributed by atoms with Crippen molar-refractivity contribution in [3.8, 4) is 0 Å². The molecule has 0 amide bonds. The van der Waals surface area contributed by atoms with Crippen molar-refractivity contribution >= 4 is 6.29 Å². The molecule has 1 aromatic rings. The van der Waals surface area contributed by atoms with E-state index in [1.807, 2.05) is 18.5 Å². The van der Waals surface area contributed by atoms with Crippen molar-refractivity contribution in [2.75, 3.05) is 0 Å². The molecule has 0 spiro atoms. The Bertz CT molecular complexity index is 208. The second-order valence-electron chi connectivity index (χ2n) is 1.94. The average Bonchev–Trinajstić information content (AvgIpc) is 2.13. The zero-order valence-corrected chi connectivity index (χ0v) is 5.46. The van der Waals surface area contributed by atoms with Gasteiger partial charge in [0.25, 0.3) is 0 Å². The highest BCUT2D eigenvalue weighted by Gasteiger charge is 1.96. The number of aryl methyl sites for hydroxylation is 2. The Labute approximate surface area is 60.7 Å². The minimum Gasteiger partial charge on any atom is -0.337 e. The van der Waals surface area contributed by atoms with E-state index in [1.54, 1.807) is 6.20 Å². The normalized spacial score (nSPS) is 8.60. The molecule has 0 saturated carbocycles. The Morgan fingerprint density at radius 3 is 2.50 bits per heavy atom. The summed E-state index contributed by atoms with van der Waals surface area (Å²) in [6, 6.07) is 0. The second kappa shape index (κ2) is 3.15. The number of hydrogen-bond donors (Lipinski definition) is 0. The summed E-state index contributed by atoms with van der Waals surface area (Å²) in [5.41, 5.74) is 0.495. The Morgan fingerprint density at radius 2 is 2.30 bits per heavy atom. The van der Waals surface area contributed by atoms with Gasteiger partial charge in [-0.2, -0.15) is 0 Å². The Hall–Kier alpha value is -1.12. The van der Waals surface area contributed by atoms with Gasteiger partial charge in [0, 0.05) is 13.2 Å². The molecular weight excluding hydrogens is 128 g/mol. The summed E-state index contributed by atoms with van der Waals surface area (Å²) < 4.78 is 1.81. The standard InChI is InChI=1S/C6H8N2O.CH4/c1-5-7-6(4-9)3-8(5)2;/h3-4H,1-2H3;1H4. The Balaban J connectivity index is 0.000000810. The summed E-state index contributed by atoms with van der Waals surface area (Å²) in [4.78, 5) is 14.0. The first-order chi connectivity index (χ1) is 4.24. The fourth-order valence-corrected chi connectivity index (χ4v) is 0.643. The topological polar surface area (TPSA) is 34.9 Å². The SMILES string of the molecule is C.Cc1nc(C=O)cn1C. The summed E-state index contributed by atoms with van der Waals surface area (Å²) in [7, 11) is 1.86. The van der Waals surface area contributed by atoms with Gasteiger partial charge in [0.1, 0.15) is 11.5 Å². The third-order valence-electron chi connectivity index (χ3n) is 1.25. The van der Waals surface area contributed by atoms with E-state index in [2.05, 4.69) is 4.98 Å². The van der Waals surface area contributed by atoms with Crippen LogP contribution in [0.15, 0.2) is 6.20 Å². The van der Waals surface area contributed by atoms with E-state index in [4.69, 9.17) is 0 Å². The van der Waals surface area contributed by atoms with E-state index in [0.717, 1.165) is 12.1 Å². The van der Waals surface area contributed by atoms with Crippen molar-refractivity contribution in [3.63, 3.8) is 0 Å². The van der Waals surface area contributed by atoms with Crippen molar-refractivity contribution in [2.24, 2.45) is 7.05 Å². The largest absolute Gasteiger partial charge is 0.337 e. The van der Waals surface area contributed by atoms with Gasteiger partial charge in [0.2, 0.25) is 0 Å². The average molecular weight is 140 g/mol. The van der Waals surface area contributed by atoms with E-state index in [1.165, 1.54) is 0 Å². The molecule has 0 bridgehead atoms. The highest BCUT2D eigenvalue weighted by atomic mass is 16.1. The third kappa shape index (κ3) is 1.43. The Kier molecular flexibility index (Phi) is 2.80. The molecule has 0 aliphatic carbocycles. The molecule has 0 aromatic carbocycles. The number of nitrogens with zero attached hydrogens (tertiary/aromatic N) is 2. The molecule has 0 fully saturated rings. The number of imidazole rings is 1. The van der Waals surface area contributed by atoms with E-state index < -0.39 is 0 Å². The van der Waals surface area contributed by atoms with Gasteiger partial charge in [-0.1, -0.05) is 7.43 Å². The first-order valence-electron chi connectivity index (χ1n) is 2.69. The molecule has 3 heteroatoms. The van der Waals surface area contributed by atoms with Crippen molar-refractivity contribution in [2.45, 2.75) is 14.4 Å². The molecule has 1 heterocycles. The molecule has 0 aliphatic rings. The first kappa shape index (κ1) is 8.88. The number of aromatic nitrogens is 2. The molecule has 56 valence electrons. The molecule has 0 aliphatic heterocycles. The number of aldehydes is 1. The quantitative estimate of drug-likeness (QED) is 0.549.